The number of rotatable bonds is 6. The first-order valence-electron chi connectivity index (χ1n) is 8.89. The van der Waals surface area contributed by atoms with Crippen LogP contribution in [0.3, 0.4) is 0 Å². The highest BCUT2D eigenvalue weighted by atomic mass is 32.1. The van der Waals surface area contributed by atoms with Gasteiger partial charge < -0.3 is 15.0 Å². The monoisotopic (exact) mass is 389 g/mol. The molecule has 1 amide bonds. The van der Waals surface area contributed by atoms with Crippen LogP contribution in [-0.4, -0.2) is 66.1 Å². The van der Waals surface area contributed by atoms with Crippen molar-refractivity contribution >= 4 is 34.2 Å². The highest BCUT2D eigenvalue weighted by Gasteiger charge is 2.21. The van der Waals surface area contributed by atoms with E-state index in [1.807, 2.05) is 18.2 Å². The summed E-state index contributed by atoms with van der Waals surface area (Å²) in [7, 11) is 0. The van der Waals surface area contributed by atoms with Crippen molar-refractivity contribution in [3.8, 4) is 0 Å². The van der Waals surface area contributed by atoms with Gasteiger partial charge in [-0.25, -0.2) is 14.8 Å². The smallest absolute Gasteiger partial charge is 0.350 e. The zero-order valence-electron chi connectivity index (χ0n) is 15.5. The predicted octanol–water partition coefficient (Wildman–Crippen LogP) is 1.78. The van der Waals surface area contributed by atoms with Crippen LogP contribution in [0.25, 0.3) is 0 Å². The fourth-order valence-electron chi connectivity index (χ4n) is 2.87. The van der Waals surface area contributed by atoms with Crippen molar-refractivity contribution in [2.24, 2.45) is 0 Å². The average Bonchev–Trinajstić information content (AvgIpc) is 3.03. The summed E-state index contributed by atoms with van der Waals surface area (Å²) in [5.41, 5.74) is 0.567. The number of carbonyl (C=O) groups excluding carboxylic acids is 2. The lowest BCUT2D eigenvalue weighted by Gasteiger charge is -2.34. The molecule has 0 atom stereocenters. The standard InChI is InChI=1S/C18H23N5O3S/c1-3-26-17(25)16-13(2)20-18(27-16)21-15(24)12-22-8-10-23(11-9-22)14-6-4-5-7-19-14/h4-7H,3,8-12H2,1-2H3,(H,20,21,24). The molecule has 1 aliphatic heterocycles. The van der Waals surface area contributed by atoms with Crippen LogP contribution in [-0.2, 0) is 9.53 Å². The van der Waals surface area contributed by atoms with Crippen LogP contribution in [0.1, 0.15) is 22.3 Å². The Morgan fingerprint density at radius 2 is 2.04 bits per heavy atom. The zero-order valence-corrected chi connectivity index (χ0v) is 16.3. The highest BCUT2D eigenvalue weighted by Crippen LogP contribution is 2.23. The fraction of sp³-hybridized carbons (Fsp3) is 0.444. The van der Waals surface area contributed by atoms with Crippen molar-refractivity contribution in [3.63, 3.8) is 0 Å². The minimum absolute atomic E-state index is 0.134. The van der Waals surface area contributed by atoms with Crippen LogP contribution in [0.5, 0.6) is 0 Å². The number of nitrogens with one attached hydrogen (secondary N) is 1. The van der Waals surface area contributed by atoms with E-state index in [1.165, 1.54) is 0 Å². The van der Waals surface area contributed by atoms with Gasteiger partial charge in [0.2, 0.25) is 5.91 Å². The van der Waals surface area contributed by atoms with E-state index in [1.54, 1.807) is 20.0 Å². The number of hydrogen-bond donors (Lipinski definition) is 1. The summed E-state index contributed by atoms with van der Waals surface area (Å²) in [6.45, 7) is 7.32. The minimum Gasteiger partial charge on any atom is -0.462 e. The molecule has 144 valence electrons. The SMILES string of the molecule is CCOC(=O)c1sc(NC(=O)CN2CCN(c3ccccn3)CC2)nc1C. The van der Waals surface area contributed by atoms with Gasteiger partial charge in [0, 0.05) is 32.4 Å². The van der Waals surface area contributed by atoms with Crippen LogP contribution in [0, 0.1) is 6.92 Å². The van der Waals surface area contributed by atoms with Gasteiger partial charge in [-0.15, -0.1) is 0 Å². The molecule has 0 saturated carbocycles. The molecule has 27 heavy (non-hydrogen) atoms. The van der Waals surface area contributed by atoms with Crippen molar-refractivity contribution in [3.05, 3.63) is 35.0 Å². The molecule has 0 unspecified atom stereocenters. The largest absolute Gasteiger partial charge is 0.462 e. The predicted molar refractivity (Wildman–Crippen MR) is 104 cm³/mol. The summed E-state index contributed by atoms with van der Waals surface area (Å²) in [6, 6.07) is 5.87. The Morgan fingerprint density at radius 3 is 2.70 bits per heavy atom. The van der Waals surface area contributed by atoms with E-state index in [-0.39, 0.29) is 5.91 Å². The second-order valence-electron chi connectivity index (χ2n) is 6.15. The van der Waals surface area contributed by atoms with E-state index in [4.69, 9.17) is 4.74 Å². The van der Waals surface area contributed by atoms with Crippen molar-refractivity contribution in [1.82, 2.24) is 14.9 Å². The molecule has 0 aromatic carbocycles. The second kappa shape index (κ2) is 8.92. The van der Waals surface area contributed by atoms with E-state index < -0.39 is 5.97 Å². The maximum Gasteiger partial charge on any atom is 0.350 e. The van der Waals surface area contributed by atoms with Crippen LogP contribution in [0.15, 0.2) is 24.4 Å². The van der Waals surface area contributed by atoms with Crippen LogP contribution < -0.4 is 10.2 Å². The average molecular weight is 389 g/mol. The fourth-order valence-corrected chi connectivity index (χ4v) is 3.75. The highest BCUT2D eigenvalue weighted by molar-refractivity contribution is 7.17. The zero-order chi connectivity index (χ0) is 19.2. The quantitative estimate of drug-likeness (QED) is 0.754. The molecule has 0 radical (unpaired) electrons. The first kappa shape index (κ1) is 19.2. The van der Waals surface area contributed by atoms with Gasteiger partial charge in [-0.05, 0) is 26.0 Å². The molecule has 1 N–H and O–H groups in total. The molecule has 8 nitrogen and oxygen atoms in total. The van der Waals surface area contributed by atoms with Gasteiger partial charge in [-0.3, -0.25) is 9.69 Å². The maximum atomic E-state index is 12.3. The summed E-state index contributed by atoms with van der Waals surface area (Å²) in [6.07, 6.45) is 1.79. The van der Waals surface area contributed by atoms with Gasteiger partial charge in [-0.2, -0.15) is 0 Å². The Bertz CT molecular complexity index is 788. The molecule has 1 aliphatic rings. The Morgan fingerprint density at radius 1 is 1.26 bits per heavy atom. The van der Waals surface area contributed by atoms with E-state index >= 15 is 0 Å². The number of aromatic nitrogens is 2. The first-order chi connectivity index (χ1) is 13.1. The Hall–Kier alpha value is -2.52. The molecule has 0 spiro atoms. The molecule has 3 rings (SSSR count). The van der Waals surface area contributed by atoms with Gasteiger partial charge in [0.25, 0.3) is 0 Å². The number of carbonyl (C=O) groups is 2. The number of ether oxygens (including phenoxy) is 1. The molecule has 1 saturated heterocycles. The number of hydrogen-bond acceptors (Lipinski definition) is 8. The Labute approximate surface area is 162 Å². The van der Waals surface area contributed by atoms with E-state index in [0.29, 0.717) is 28.9 Å². The van der Waals surface area contributed by atoms with Crippen molar-refractivity contribution < 1.29 is 14.3 Å². The van der Waals surface area contributed by atoms with Gasteiger partial charge in [-0.1, -0.05) is 17.4 Å². The lowest BCUT2D eigenvalue weighted by atomic mass is 10.3. The summed E-state index contributed by atoms with van der Waals surface area (Å²) < 4.78 is 5.00. The molecular formula is C18H23N5O3S. The number of pyridine rings is 1. The third kappa shape index (κ3) is 5.01. The van der Waals surface area contributed by atoms with Gasteiger partial charge >= 0.3 is 5.97 Å². The lowest BCUT2D eigenvalue weighted by Crippen LogP contribution is -2.48. The summed E-state index contributed by atoms with van der Waals surface area (Å²) in [5.74, 6) is 0.426. The third-order valence-electron chi connectivity index (χ3n) is 4.22. The molecule has 1 fully saturated rings. The van der Waals surface area contributed by atoms with Crippen LogP contribution in [0.4, 0.5) is 10.9 Å². The normalized spacial score (nSPS) is 14.8. The van der Waals surface area contributed by atoms with E-state index in [9.17, 15) is 9.59 Å². The molecule has 2 aromatic rings. The second-order valence-corrected chi connectivity index (χ2v) is 7.15. The van der Waals surface area contributed by atoms with E-state index in [0.717, 1.165) is 43.3 Å². The van der Waals surface area contributed by atoms with Gasteiger partial charge in [0.15, 0.2) is 5.13 Å². The Balaban J connectivity index is 1.49. The number of esters is 1. The van der Waals surface area contributed by atoms with Gasteiger partial charge in [0.1, 0.15) is 10.7 Å². The number of aryl methyl sites for hydroxylation is 1. The summed E-state index contributed by atoms with van der Waals surface area (Å²) in [5, 5.41) is 3.21. The topological polar surface area (TPSA) is 87.7 Å². The van der Waals surface area contributed by atoms with Crippen LogP contribution >= 0.6 is 11.3 Å². The first-order valence-corrected chi connectivity index (χ1v) is 9.71. The minimum atomic E-state index is -0.404. The number of piperazine rings is 1. The van der Waals surface area contributed by atoms with Crippen LogP contribution in [0.2, 0.25) is 0 Å². The van der Waals surface area contributed by atoms with Crippen molar-refractivity contribution in [2.45, 2.75) is 13.8 Å². The molecule has 3 heterocycles. The molecule has 0 bridgehead atoms. The van der Waals surface area contributed by atoms with Crippen molar-refractivity contribution in [1.29, 1.82) is 0 Å². The number of amides is 1. The molecule has 9 heteroatoms. The number of thiazole rings is 1. The van der Waals surface area contributed by atoms with E-state index in [2.05, 4.69) is 25.1 Å². The summed E-state index contributed by atoms with van der Waals surface area (Å²) in [4.78, 5) is 37.5. The Kier molecular flexibility index (Phi) is 6.36. The van der Waals surface area contributed by atoms with Crippen molar-refractivity contribution in [2.75, 3.05) is 49.5 Å². The maximum absolute atomic E-state index is 12.3. The number of anilines is 2. The molecular weight excluding hydrogens is 366 g/mol. The molecule has 0 aliphatic carbocycles. The molecule has 2 aromatic heterocycles. The lowest BCUT2D eigenvalue weighted by molar-refractivity contribution is -0.117. The van der Waals surface area contributed by atoms with Gasteiger partial charge in [0.05, 0.1) is 18.8 Å². The number of nitrogens with zero attached hydrogens (tertiary/aromatic N) is 4. The third-order valence-corrected chi connectivity index (χ3v) is 5.27. The summed E-state index contributed by atoms with van der Waals surface area (Å²) >= 11 is 1.14.